The molecule has 6 nitrogen and oxygen atoms in total. The van der Waals surface area contributed by atoms with Crippen molar-refractivity contribution in [1.29, 1.82) is 0 Å². The summed E-state index contributed by atoms with van der Waals surface area (Å²) in [6, 6.07) is 12.1. The number of imidazole rings is 1. The van der Waals surface area contributed by atoms with Gasteiger partial charge in [-0.15, -0.1) is 0 Å². The van der Waals surface area contributed by atoms with E-state index in [1.54, 1.807) is 10.9 Å². The molecule has 27 heavy (non-hydrogen) atoms. The molecule has 3 heterocycles. The predicted molar refractivity (Wildman–Crippen MR) is 104 cm³/mol. The lowest BCUT2D eigenvalue weighted by Gasteiger charge is -2.18. The summed E-state index contributed by atoms with van der Waals surface area (Å²) in [5.74, 6) is 1.52. The third-order valence-electron chi connectivity index (χ3n) is 5.34. The lowest BCUT2D eigenvalue weighted by molar-refractivity contribution is 0.0773. The van der Waals surface area contributed by atoms with Crippen LogP contribution in [-0.4, -0.2) is 43.2 Å². The molecule has 3 aromatic rings. The zero-order valence-electron chi connectivity index (χ0n) is 15.9. The zero-order chi connectivity index (χ0) is 18.8. The lowest BCUT2D eigenvalue weighted by atomic mass is 10.1. The summed E-state index contributed by atoms with van der Waals surface area (Å²) in [4.78, 5) is 19.4. The number of nitrogens with zero attached hydrogens (tertiary/aromatic N) is 5. The zero-order valence-corrected chi connectivity index (χ0v) is 15.9. The molecule has 6 heteroatoms. The number of aromatic nitrogens is 4. The summed E-state index contributed by atoms with van der Waals surface area (Å²) in [6.07, 6.45) is 4.64. The van der Waals surface area contributed by atoms with E-state index in [2.05, 4.69) is 33.7 Å². The second-order valence-electron chi connectivity index (χ2n) is 7.14. The smallest absolute Gasteiger partial charge is 0.272 e. The maximum atomic E-state index is 12.8. The highest BCUT2D eigenvalue weighted by atomic mass is 16.2. The van der Waals surface area contributed by atoms with E-state index in [0.29, 0.717) is 18.2 Å². The normalized spacial score (nSPS) is 16.8. The van der Waals surface area contributed by atoms with Gasteiger partial charge >= 0.3 is 0 Å². The highest BCUT2D eigenvalue weighted by molar-refractivity contribution is 5.92. The summed E-state index contributed by atoms with van der Waals surface area (Å²) in [6.45, 7) is 7.26. The standard InChI is InChI=1S/C21H25N5O/c1-3-26-19(9-11-23-26)21(27)24-12-10-17(14-24)15-25-16(2)13-22-20(25)18-7-5-4-6-8-18/h4-9,11,13,17H,3,10,12,14-15H2,1-2H3. The monoisotopic (exact) mass is 363 g/mol. The van der Waals surface area contributed by atoms with Gasteiger partial charge in [-0.25, -0.2) is 4.98 Å². The average Bonchev–Trinajstić information content (AvgIpc) is 3.43. The van der Waals surface area contributed by atoms with Crippen LogP contribution in [0.5, 0.6) is 0 Å². The van der Waals surface area contributed by atoms with E-state index < -0.39 is 0 Å². The first kappa shape index (κ1) is 17.5. The third kappa shape index (κ3) is 3.39. The minimum absolute atomic E-state index is 0.0856. The van der Waals surface area contributed by atoms with E-state index >= 15 is 0 Å². The van der Waals surface area contributed by atoms with Gasteiger partial charge in [-0.3, -0.25) is 9.48 Å². The fraction of sp³-hybridized carbons (Fsp3) is 0.381. The minimum Gasteiger partial charge on any atom is -0.337 e. The molecule has 4 rings (SSSR count). The summed E-state index contributed by atoms with van der Waals surface area (Å²) in [5, 5.41) is 4.22. The van der Waals surface area contributed by atoms with Crippen LogP contribution in [0, 0.1) is 12.8 Å². The van der Waals surface area contributed by atoms with E-state index in [1.165, 1.54) is 0 Å². The Morgan fingerprint density at radius 3 is 2.81 bits per heavy atom. The van der Waals surface area contributed by atoms with E-state index in [4.69, 9.17) is 0 Å². The molecular formula is C21H25N5O. The molecular weight excluding hydrogens is 338 g/mol. The largest absolute Gasteiger partial charge is 0.337 e. The molecule has 0 radical (unpaired) electrons. The molecule has 1 aliphatic heterocycles. The highest BCUT2D eigenvalue weighted by Crippen LogP contribution is 2.25. The highest BCUT2D eigenvalue weighted by Gasteiger charge is 2.29. The van der Waals surface area contributed by atoms with Crippen LogP contribution in [0.1, 0.15) is 29.5 Å². The molecule has 2 aromatic heterocycles. The van der Waals surface area contributed by atoms with Crippen LogP contribution in [0.15, 0.2) is 48.8 Å². The van der Waals surface area contributed by atoms with Crippen molar-refractivity contribution in [3.63, 3.8) is 0 Å². The molecule has 140 valence electrons. The fourth-order valence-electron chi connectivity index (χ4n) is 3.86. The van der Waals surface area contributed by atoms with Crippen molar-refractivity contribution in [3.8, 4) is 11.4 Å². The van der Waals surface area contributed by atoms with Crippen molar-refractivity contribution in [1.82, 2.24) is 24.2 Å². The fourth-order valence-corrected chi connectivity index (χ4v) is 3.86. The SMILES string of the molecule is CCn1nccc1C(=O)N1CCC(Cn2c(C)cnc2-c2ccccc2)C1. The Bertz CT molecular complexity index is 927. The number of amides is 1. The Morgan fingerprint density at radius 1 is 1.22 bits per heavy atom. The van der Waals surface area contributed by atoms with Crippen molar-refractivity contribution in [2.75, 3.05) is 13.1 Å². The van der Waals surface area contributed by atoms with Gasteiger partial charge in [0.1, 0.15) is 11.5 Å². The van der Waals surface area contributed by atoms with E-state index in [0.717, 1.165) is 43.1 Å². The van der Waals surface area contributed by atoms with Crippen LogP contribution in [0.25, 0.3) is 11.4 Å². The number of likely N-dealkylation sites (tertiary alicyclic amines) is 1. The van der Waals surface area contributed by atoms with Crippen LogP contribution in [-0.2, 0) is 13.1 Å². The van der Waals surface area contributed by atoms with E-state index in [-0.39, 0.29) is 5.91 Å². The van der Waals surface area contributed by atoms with Gasteiger partial charge < -0.3 is 9.47 Å². The van der Waals surface area contributed by atoms with E-state index in [9.17, 15) is 4.79 Å². The molecule has 1 unspecified atom stereocenters. The van der Waals surface area contributed by atoms with Crippen molar-refractivity contribution in [2.24, 2.45) is 5.92 Å². The number of rotatable bonds is 5. The van der Waals surface area contributed by atoms with Crippen molar-refractivity contribution < 1.29 is 4.79 Å². The van der Waals surface area contributed by atoms with E-state index in [1.807, 2.05) is 42.3 Å². The predicted octanol–water partition coefficient (Wildman–Crippen LogP) is 3.24. The molecule has 0 N–H and O–H groups in total. The third-order valence-corrected chi connectivity index (χ3v) is 5.34. The van der Waals surface area contributed by atoms with Gasteiger partial charge in [-0.05, 0) is 32.3 Å². The Hall–Kier alpha value is -2.89. The van der Waals surface area contributed by atoms with Gasteiger partial charge in [0.05, 0.1) is 0 Å². The molecule has 0 saturated carbocycles. The van der Waals surface area contributed by atoms with Crippen molar-refractivity contribution in [2.45, 2.75) is 33.4 Å². The maximum Gasteiger partial charge on any atom is 0.272 e. The maximum absolute atomic E-state index is 12.8. The first-order chi connectivity index (χ1) is 13.2. The summed E-state index contributed by atoms with van der Waals surface area (Å²) < 4.78 is 4.05. The molecule has 0 aliphatic carbocycles. The lowest BCUT2D eigenvalue weighted by Crippen LogP contribution is -2.31. The molecule has 0 spiro atoms. The van der Waals surface area contributed by atoms with Crippen LogP contribution in [0.3, 0.4) is 0 Å². The molecule has 1 saturated heterocycles. The first-order valence-electron chi connectivity index (χ1n) is 9.56. The van der Waals surface area contributed by atoms with Crippen LogP contribution in [0.4, 0.5) is 0 Å². The molecule has 1 aromatic carbocycles. The molecule has 1 atom stereocenters. The first-order valence-corrected chi connectivity index (χ1v) is 9.56. The van der Waals surface area contributed by atoms with Crippen molar-refractivity contribution in [3.05, 3.63) is 60.2 Å². The number of hydrogen-bond donors (Lipinski definition) is 0. The summed E-state index contributed by atoms with van der Waals surface area (Å²) in [5.41, 5.74) is 2.97. The Labute approximate surface area is 159 Å². The van der Waals surface area contributed by atoms with Gasteiger partial charge in [-0.1, -0.05) is 30.3 Å². The Balaban J connectivity index is 1.48. The topological polar surface area (TPSA) is 56.0 Å². The summed E-state index contributed by atoms with van der Waals surface area (Å²) in [7, 11) is 0. The number of hydrogen-bond acceptors (Lipinski definition) is 3. The second-order valence-corrected chi connectivity index (χ2v) is 7.14. The quantitative estimate of drug-likeness (QED) is 0.699. The Morgan fingerprint density at radius 2 is 2.04 bits per heavy atom. The molecule has 1 fully saturated rings. The number of benzene rings is 1. The van der Waals surface area contributed by atoms with Gasteiger partial charge in [0, 0.05) is 49.8 Å². The molecule has 1 amide bonds. The van der Waals surface area contributed by atoms with Crippen molar-refractivity contribution >= 4 is 5.91 Å². The van der Waals surface area contributed by atoms with Gasteiger partial charge in [0.15, 0.2) is 0 Å². The van der Waals surface area contributed by atoms with Crippen LogP contribution < -0.4 is 0 Å². The van der Waals surface area contributed by atoms with Gasteiger partial charge in [0.2, 0.25) is 0 Å². The average molecular weight is 363 g/mol. The minimum atomic E-state index is 0.0856. The number of carbonyl (C=O) groups is 1. The van der Waals surface area contributed by atoms with Crippen LogP contribution >= 0.6 is 0 Å². The van der Waals surface area contributed by atoms with Gasteiger partial charge in [0.25, 0.3) is 5.91 Å². The second kappa shape index (κ2) is 7.39. The summed E-state index contributed by atoms with van der Waals surface area (Å²) >= 11 is 0. The number of aryl methyl sites for hydroxylation is 2. The molecule has 1 aliphatic rings. The van der Waals surface area contributed by atoms with Crippen LogP contribution in [0.2, 0.25) is 0 Å². The van der Waals surface area contributed by atoms with Gasteiger partial charge in [-0.2, -0.15) is 5.10 Å². The molecule has 0 bridgehead atoms. The Kier molecular flexibility index (Phi) is 4.79. The number of carbonyl (C=O) groups excluding carboxylic acids is 1.